The smallest absolute Gasteiger partial charge is 0.376 e. The lowest BCUT2D eigenvalue weighted by Gasteiger charge is -2.38. The Hall–Kier alpha value is -0.820. The highest BCUT2D eigenvalue weighted by Gasteiger charge is 2.32. The molecule has 156 valence electrons. The average Bonchev–Trinajstić information content (AvgIpc) is 3.33. The zero-order valence-corrected chi connectivity index (χ0v) is 16.2. The Labute approximate surface area is 160 Å². The second-order valence-corrected chi connectivity index (χ2v) is 8.47. The van der Waals surface area contributed by atoms with Crippen LogP contribution in [0.5, 0.6) is 0 Å². The summed E-state index contributed by atoms with van der Waals surface area (Å²) in [5, 5.41) is 0. The van der Waals surface area contributed by atoms with Crippen LogP contribution in [0.1, 0.15) is 64.2 Å². The van der Waals surface area contributed by atoms with E-state index < -0.39 is 19.0 Å². The maximum atomic E-state index is 12.5. The van der Waals surface area contributed by atoms with Crippen LogP contribution in [0.4, 0.5) is 13.2 Å². The molecule has 0 spiro atoms. The highest BCUT2D eigenvalue weighted by molar-refractivity contribution is 5.76. The zero-order chi connectivity index (χ0) is 19.3. The minimum absolute atomic E-state index is 0.0154. The van der Waals surface area contributed by atoms with Crippen molar-refractivity contribution in [3.8, 4) is 0 Å². The van der Waals surface area contributed by atoms with E-state index in [1.54, 1.807) is 4.90 Å². The van der Waals surface area contributed by atoms with Gasteiger partial charge in [0.05, 0.1) is 12.5 Å². The minimum atomic E-state index is -4.28. The first-order chi connectivity index (χ1) is 12.9. The quantitative estimate of drug-likeness (QED) is 0.659. The summed E-state index contributed by atoms with van der Waals surface area (Å²) < 4.78 is 43.2. The van der Waals surface area contributed by atoms with E-state index in [1.807, 2.05) is 0 Å². The van der Waals surface area contributed by atoms with Gasteiger partial charge in [0.25, 0.3) is 0 Å². The molecule has 0 aromatic heterocycles. The lowest BCUT2D eigenvalue weighted by molar-refractivity contribution is -0.150. The minimum Gasteiger partial charge on any atom is -0.376 e. The van der Waals surface area contributed by atoms with E-state index in [0.717, 1.165) is 44.8 Å². The van der Waals surface area contributed by atoms with E-state index in [0.29, 0.717) is 25.6 Å². The average molecular weight is 390 g/mol. The highest BCUT2D eigenvalue weighted by atomic mass is 19.4. The summed E-state index contributed by atoms with van der Waals surface area (Å²) in [6.45, 7) is 3.82. The number of rotatable bonds is 7. The van der Waals surface area contributed by atoms with Crippen molar-refractivity contribution in [2.45, 2.75) is 82.5 Å². The maximum absolute atomic E-state index is 12.5. The molecular formula is C20H33F3N2O2. The number of nitrogens with zero attached hydrogens (tertiary/aromatic N) is 2. The molecular weight excluding hydrogens is 357 g/mol. The summed E-state index contributed by atoms with van der Waals surface area (Å²) >= 11 is 0. The fourth-order valence-corrected chi connectivity index (χ4v) is 4.80. The second kappa shape index (κ2) is 9.59. The summed E-state index contributed by atoms with van der Waals surface area (Å²) in [6, 6.07) is 0.724. The fourth-order valence-electron chi connectivity index (χ4n) is 4.80. The Kier molecular flexibility index (Phi) is 7.42. The molecule has 0 aromatic rings. The van der Waals surface area contributed by atoms with Gasteiger partial charge in [-0.25, -0.2) is 0 Å². The third kappa shape index (κ3) is 6.63. The number of likely N-dealkylation sites (tertiary alicyclic amines) is 1. The molecule has 4 nitrogen and oxygen atoms in total. The first-order valence-corrected chi connectivity index (χ1v) is 10.6. The first kappa shape index (κ1) is 20.9. The molecule has 3 aliphatic rings. The van der Waals surface area contributed by atoms with Gasteiger partial charge in [-0.05, 0) is 57.5 Å². The predicted molar refractivity (Wildman–Crippen MR) is 97.4 cm³/mol. The Morgan fingerprint density at radius 1 is 1.00 bits per heavy atom. The number of alkyl halides is 3. The molecule has 2 aliphatic heterocycles. The van der Waals surface area contributed by atoms with Crippen LogP contribution in [0, 0.1) is 5.92 Å². The standard InChI is InChI=1S/C20H33F3N2O2/c21-20(22,23)10-7-19(26)25(15-18-6-3-13-27-18)14-16-8-11-24(12-9-16)17-4-1-2-5-17/h16-18H,1-15H2/t18-/m0/s1. The summed E-state index contributed by atoms with van der Waals surface area (Å²) in [6.07, 6.45) is 3.40. The van der Waals surface area contributed by atoms with Crippen LogP contribution < -0.4 is 0 Å². The van der Waals surface area contributed by atoms with Gasteiger partial charge >= 0.3 is 6.18 Å². The Morgan fingerprint density at radius 3 is 2.30 bits per heavy atom. The van der Waals surface area contributed by atoms with Gasteiger partial charge in [-0.3, -0.25) is 4.79 Å². The van der Waals surface area contributed by atoms with Gasteiger partial charge in [-0.15, -0.1) is 0 Å². The number of hydrogen-bond acceptors (Lipinski definition) is 3. The van der Waals surface area contributed by atoms with Crippen molar-refractivity contribution < 1.29 is 22.7 Å². The molecule has 1 aliphatic carbocycles. The molecule has 1 saturated carbocycles. The molecule has 3 fully saturated rings. The Balaban J connectivity index is 1.50. The van der Waals surface area contributed by atoms with Gasteiger partial charge < -0.3 is 14.5 Å². The number of amides is 1. The molecule has 1 amide bonds. The van der Waals surface area contributed by atoms with Crippen molar-refractivity contribution in [3.05, 3.63) is 0 Å². The molecule has 1 atom stereocenters. The van der Waals surface area contributed by atoms with Gasteiger partial charge in [0.2, 0.25) is 5.91 Å². The summed E-state index contributed by atoms with van der Waals surface area (Å²) in [7, 11) is 0. The predicted octanol–water partition coefficient (Wildman–Crippen LogP) is 3.99. The third-order valence-corrected chi connectivity index (χ3v) is 6.39. The van der Waals surface area contributed by atoms with Crippen LogP contribution in [0.3, 0.4) is 0 Å². The van der Waals surface area contributed by atoms with Crippen LogP contribution >= 0.6 is 0 Å². The van der Waals surface area contributed by atoms with Gasteiger partial charge in [0, 0.05) is 32.2 Å². The Bertz CT molecular complexity index is 466. The third-order valence-electron chi connectivity index (χ3n) is 6.39. The van der Waals surface area contributed by atoms with E-state index in [-0.39, 0.29) is 12.0 Å². The topological polar surface area (TPSA) is 32.8 Å². The molecule has 0 aromatic carbocycles. The fraction of sp³-hybridized carbons (Fsp3) is 0.950. The van der Waals surface area contributed by atoms with Crippen LogP contribution in [-0.2, 0) is 9.53 Å². The lowest BCUT2D eigenvalue weighted by atomic mass is 9.94. The number of halogens is 3. The largest absolute Gasteiger partial charge is 0.389 e. The van der Waals surface area contributed by atoms with Crippen molar-refractivity contribution >= 4 is 5.91 Å². The van der Waals surface area contributed by atoms with Gasteiger partial charge in [-0.2, -0.15) is 13.2 Å². The number of hydrogen-bond donors (Lipinski definition) is 0. The summed E-state index contributed by atoms with van der Waals surface area (Å²) in [4.78, 5) is 16.7. The molecule has 0 radical (unpaired) electrons. The summed E-state index contributed by atoms with van der Waals surface area (Å²) in [5.41, 5.74) is 0. The monoisotopic (exact) mass is 390 g/mol. The van der Waals surface area contributed by atoms with Crippen molar-refractivity contribution in [3.63, 3.8) is 0 Å². The molecule has 0 N–H and O–H groups in total. The van der Waals surface area contributed by atoms with Crippen LogP contribution in [0.15, 0.2) is 0 Å². The molecule has 27 heavy (non-hydrogen) atoms. The second-order valence-electron chi connectivity index (χ2n) is 8.47. The van der Waals surface area contributed by atoms with Gasteiger partial charge in [0.15, 0.2) is 0 Å². The molecule has 2 heterocycles. The van der Waals surface area contributed by atoms with E-state index >= 15 is 0 Å². The van der Waals surface area contributed by atoms with Crippen molar-refractivity contribution in [1.82, 2.24) is 9.80 Å². The van der Waals surface area contributed by atoms with E-state index in [2.05, 4.69) is 4.90 Å². The van der Waals surface area contributed by atoms with Gasteiger partial charge in [0.1, 0.15) is 0 Å². The highest BCUT2D eigenvalue weighted by Crippen LogP contribution is 2.29. The normalized spacial score (nSPS) is 26.0. The number of carbonyl (C=O) groups is 1. The van der Waals surface area contributed by atoms with E-state index in [9.17, 15) is 18.0 Å². The number of piperidine rings is 1. The first-order valence-electron chi connectivity index (χ1n) is 10.6. The maximum Gasteiger partial charge on any atom is 0.389 e. The molecule has 0 bridgehead atoms. The zero-order valence-electron chi connectivity index (χ0n) is 16.2. The molecule has 0 unspecified atom stereocenters. The van der Waals surface area contributed by atoms with Gasteiger partial charge in [-0.1, -0.05) is 12.8 Å². The Morgan fingerprint density at radius 2 is 1.70 bits per heavy atom. The molecule has 2 saturated heterocycles. The number of carbonyl (C=O) groups excluding carboxylic acids is 1. The van der Waals surface area contributed by atoms with E-state index in [1.165, 1.54) is 25.7 Å². The van der Waals surface area contributed by atoms with Crippen molar-refractivity contribution in [2.75, 3.05) is 32.8 Å². The van der Waals surface area contributed by atoms with Crippen molar-refractivity contribution in [2.24, 2.45) is 5.92 Å². The molecule has 7 heteroatoms. The molecule has 3 rings (SSSR count). The van der Waals surface area contributed by atoms with Crippen molar-refractivity contribution in [1.29, 1.82) is 0 Å². The SMILES string of the molecule is O=C(CCC(F)(F)F)N(CC1CCN(C2CCCC2)CC1)C[C@@H]1CCCO1. The lowest BCUT2D eigenvalue weighted by Crippen LogP contribution is -2.45. The van der Waals surface area contributed by atoms with Crippen LogP contribution in [0.25, 0.3) is 0 Å². The number of ether oxygens (including phenoxy) is 1. The van der Waals surface area contributed by atoms with Crippen LogP contribution in [-0.4, -0.2) is 66.8 Å². The van der Waals surface area contributed by atoms with E-state index in [4.69, 9.17) is 4.74 Å². The van der Waals surface area contributed by atoms with Crippen LogP contribution in [0.2, 0.25) is 0 Å². The summed E-state index contributed by atoms with van der Waals surface area (Å²) in [5.74, 6) is 0.0138.